The van der Waals surface area contributed by atoms with Crippen molar-refractivity contribution < 1.29 is 9.90 Å². The lowest BCUT2D eigenvalue weighted by Gasteiger charge is -2.38. The summed E-state index contributed by atoms with van der Waals surface area (Å²) in [6, 6.07) is 21.4. The van der Waals surface area contributed by atoms with E-state index in [9.17, 15) is 9.90 Å². The highest BCUT2D eigenvalue weighted by molar-refractivity contribution is 6.30. The van der Waals surface area contributed by atoms with Gasteiger partial charge in [0.1, 0.15) is 11.9 Å². The van der Waals surface area contributed by atoms with Crippen LogP contribution in [0.3, 0.4) is 0 Å². The van der Waals surface area contributed by atoms with Gasteiger partial charge in [0.05, 0.1) is 5.56 Å². The first-order valence-corrected chi connectivity index (χ1v) is 8.25. The van der Waals surface area contributed by atoms with Crippen molar-refractivity contribution in [3.63, 3.8) is 0 Å². The zero-order valence-corrected chi connectivity index (χ0v) is 13.9. The monoisotopic (exact) mass is 350 g/mol. The molecule has 0 radical (unpaired) electrons. The van der Waals surface area contributed by atoms with Crippen molar-refractivity contribution in [1.29, 1.82) is 0 Å². The highest BCUT2D eigenvalue weighted by Gasteiger charge is 2.35. The van der Waals surface area contributed by atoms with Gasteiger partial charge in [-0.15, -0.1) is 0 Å². The Morgan fingerprint density at radius 3 is 2.36 bits per heavy atom. The van der Waals surface area contributed by atoms with Gasteiger partial charge < -0.3 is 10.4 Å². The molecule has 2 N–H and O–H groups in total. The Balaban J connectivity index is 1.89. The minimum atomic E-state index is -0.523. The number of carbonyl (C=O) groups excluding carboxylic acids is 1. The highest BCUT2D eigenvalue weighted by atomic mass is 35.5. The normalized spacial score (nSPS) is 16.3. The number of hydrogen-bond acceptors (Lipinski definition) is 3. The molecule has 1 atom stereocenters. The fourth-order valence-electron chi connectivity index (χ4n) is 3.06. The van der Waals surface area contributed by atoms with Crippen LogP contribution in [0.15, 0.2) is 72.8 Å². The minimum absolute atomic E-state index is 0.131. The number of phenolic OH excluding ortho intramolecular Hbond substituents is 1. The number of halogens is 1. The number of anilines is 2. The molecule has 3 aromatic carbocycles. The Hall–Kier alpha value is -2.98. The van der Waals surface area contributed by atoms with Crippen LogP contribution < -0.4 is 10.2 Å². The van der Waals surface area contributed by atoms with Crippen molar-refractivity contribution in [3.8, 4) is 5.75 Å². The zero-order chi connectivity index (χ0) is 17.4. The van der Waals surface area contributed by atoms with Crippen molar-refractivity contribution in [2.45, 2.75) is 6.17 Å². The summed E-state index contributed by atoms with van der Waals surface area (Å²) < 4.78 is 0. The van der Waals surface area contributed by atoms with Crippen LogP contribution in [0, 0.1) is 0 Å². The second-order valence-corrected chi connectivity index (χ2v) is 6.24. The summed E-state index contributed by atoms with van der Waals surface area (Å²) >= 11 is 5.99. The first-order chi connectivity index (χ1) is 12.1. The van der Waals surface area contributed by atoms with E-state index < -0.39 is 6.17 Å². The summed E-state index contributed by atoms with van der Waals surface area (Å²) in [4.78, 5) is 14.8. The van der Waals surface area contributed by atoms with E-state index in [4.69, 9.17) is 11.6 Å². The SMILES string of the molecule is O=C1c2ccccc2NC(c2ccccc2O)N1c1ccc(Cl)cc1. The molecule has 0 bridgehead atoms. The highest BCUT2D eigenvalue weighted by Crippen LogP contribution is 2.39. The lowest BCUT2D eigenvalue weighted by atomic mass is 10.0. The quantitative estimate of drug-likeness (QED) is 0.697. The van der Waals surface area contributed by atoms with Crippen LogP contribution in [0.1, 0.15) is 22.1 Å². The predicted molar refractivity (Wildman–Crippen MR) is 99.2 cm³/mol. The zero-order valence-electron chi connectivity index (χ0n) is 13.2. The molecule has 124 valence electrons. The number of para-hydroxylation sites is 2. The second kappa shape index (κ2) is 6.15. The Morgan fingerprint density at radius 1 is 0.920 bits per heavy atom. The smallest absolute Gasteiger partial charge is 0.262 e. The predicted octanol–water partition coefficient (Wildman–Crippen LogP) is 4.82. The average molecular weight is 351 g/mol. The van der Waals surface area contributed by atoms with Crippen molar-refractivity contribution >= 4 is 28.9 Å². The summed E-state index contributed by atoms with van der Waals surface area (Å²) in [6.07, 6.45) is -0.523. The Kier molecular flexibility index (Phi) is 3.82. The molecule has 25 heavy (non-hydrogen) atoms. The maximum Gasteiger partial charge on any atom is 0.262 e. The van der Waals surface area contributed by atoms with E-state index in [0.29, 0.717) is 21.8 Å². The van der Waals surface area contributed by atoms with Crippen LogP contribution in [0.2, 0.25) is 5.02 Å². The molecular formula is C20H15ClN2O2. The first-order valence-electron chi connectivity index (χ1n) is 7.88. The molecule has 0 aliphatic carbocycles. The molecule has 0 fully saturated rings. The average Bonchev–Trinajstić information content (AvgIpc) is 2.63. The standard InChI is InChI=1S/C20H15ClN2O2/c21-13-9-11-14(12-10-13)23-19(16-6-2-4-8-18(16)24)22-17-7-3-1-5-15(17)20(23)25/h1-12,19,22,24H. The third kappa shape index (κ3) is 2.71. The Bertz CT molecular complexity index is 940. The molecule has 0 aromatic heterocycles. The molecule has 1 aliphatic heterocycles. The molecule has 1 aliphatic rings. The van der Waals surface area contributed by atoms with Gasteiger partial charge in [-0.25, -0.2) is 0 Å². The van der Waals surface area contributed by atoms with Crippen LogP contribution in [-0.4, -0.2) is 11.0 Å². The Morgan fingerprint density at radius 2 is 1.60 bits per heavy atom. The lowest BCUT2D eigenvalue weighted by molar-refractivity contribution is 0.0974. The summed E-state index contributed by atoms with van der Waals surface area (Å²) in [5.41, 5.74) is 2.65. The van der Waals surface area contributed by atoms with Crippen LogP contribution in [0.4, 0.5) is 11.4 Å². The van der Waals surface area contributed by atoms with Gasteiger partial charge in [0.2, 0.25) is 0 Å². The molecule has 1 heterocycles. The second-order valence-electron chi connectivity index (χ2n) is 5.80. The first kappa shape index (κ1) is 15.5. The molecule has 0 saturated heterocycles. The maximum atomic E-state index is 13.2. The summed E-state index contributed by atoms with van der Waals surface area (Å²) in [6.45, 7) is 0. The van der Waals surface area contributed by atoms with Gasteiger partial charge in [-0.1, -0.05) is 41.9 Å². The topological polar surface area (TPSA) is 52.6 Å². The summed E-state index contributed by atoms with van der Waals surface area (Å²) in [5, 5.41) is 14.3. The molecule has 4 nitrogen and oxygen atoms in total. The van der Waals surface area contributed by atoms with Crippen LogP contribution in [-0.2, 0) is 0 Å². The van der Waals surface area contributed by atoms with Gasteiger partial charge in [0, 0.05) is 22.0 Å². The number of nitrogens with one attached hydrogen (secondary N) is 1. The van der Waals surface area contributed by atoms with Gasteiger partial charge in [-0.05, 0) is 42.5 Å². The molecule has 1 amide bonds. The minimum Gasteiger partial charge on any atom is -0.508 e. The van der Waals surface area contributed by atoms with E-state index in [2.05, 4.69) is 5.32 Å². The number of carbonyl (C=O) groups is 1. The Labute approximate surface area is 150 Å². The molecular weight excluding hydrogens is 336 g/mol. The van der Waals surface area contributed by atoms with E-state index in [1.54, 1.807) is 53.4 Å². The van der Waals surface area contributed by atoms with E-state index in [1.807, 2.05) is 24.3 Å². The van der Waals surface area contributed by atoms with E-state index in [0.717, 1.165) is 5.69 Å². The lowest BCUT2D eigenvalue weighted by Crippen LogP contribution is -2.43. The van der Waals surface area contributed by atoms with E-state index >= 15 is 0 Å². The van der Waals surface area contributed by atoms with Gasteiger partial charge in [-0.3, -0.25) is 9.69 Å². The number of hydrogen-bond donors (Lipinski definition) is 2. The molecule has 5 heteroatoms. The number of aromatic hydroxyl groups is 1. The van der Waals surface area contributed by atoms with Crippen LogP contribution in [0.5, 0.6) is 5.75 Å². The third-order valence-corrected chi connectivity index (χ3v) is 4.51. The van der Waals surface area contributed by atoms with Gasteiger partial charge in [0.15, 0.2) is 0 Å². The van der Waals surface area contributed by atoms with Gasteiger partial charge in [-0.2, -0.15) is 0 Å². The summed E-state index contributed by atoms with van der Waals surface area (Å²) in [5.74, 6) is -0.00364. The van der Waals surface area contributed by atoms with Crippen molar-refractivity contribution in [2.75, 3.05) is 10.2 Å². The molecule has 3 aromatic rings. The van der Waals surface area contributed by atoms with E-state index in [1.165, 1.54) is 0 Å². The molecule has 1 unspecified atom stereocenters. The van der Waals surface area contributed by atoms with Crippen LogP contribution in [0.25, 0.3) is 0 Å². The molecule has 0 spiro atoms. The van der Waals surface area contributed by atoms with Gasteiger partial charge >= 0.3 is 0 Å². The third-order valence-electron chi connectivity index (χ3n) is 4.26. The fraction of sp³-hybridized carbons (Fsp3) is 0.0500. The van der Waals surface area contributed by atoms with E-state index in [-0.39, 0.29) is 11.7 Å². The number of benzene rings is 3. The van der Waals surface area contributed by atoms with Crippen LogP contribution >= 0.6 is 11.6 Å². The number of amides is 1. The molecule has 4 rings (SSSR count). The number of phenols is 1. The number of nitrogens with zero attached hydrogens (tertiary/aromatic N) is 1. The fourth-order valence-corrected chi connectivity index (χ4v) is 3.18. The molecule has 0 saturated carbocycles. The van der Waals surface area contributed by atoms with Crippen molar-refractivity contribution in [3.05, 3.63) is 88.9 Å². The van der Waals surface area contributed by atoms with Gasteiger partial charge in [0.25, 0.3) is 5.91 Å². The number of rotatable bonds is 2. The maximum absolute atomic E-state index is 13.2. The van der Waals surface area contributed by atoms with Crippen molar-refractivity contribution in [1.82, 2.24) is 0 Å². The van der Waals surface area contributed by atoms with Crippen molar-refractivity contribution in [2.24, 2.45) is 0 Å². The number of fused-ring (bicyclic) bond motifs is 1. The summed E-state index contributed by atoms with van der Waals surface area (Å²) in [7, 11) is 0. The largest absolute Gasteiger partial charge is 0.508 e.